The summed E-state index contributed by atoms with van der Waals surface area (Å²) < 4.78 is 14.8. The Bertz CT molecular complexity index is 144. The van der Waals surface area contributed by atoms with Crippen LogP contribution in [0.25, 0.3) is 0 Å². The number of hydrogen-bond acceptors (Lipinski definition) is 2. The molecular weight excluding hydrogens is 210 g/mol. The summed E-state index contributed by atoms with van der Waals surface area (Å²) in [4.78, 5) is 8.41. The van der Waals surface area contributed by atoms with Gasteiger partial charge in [0, 0.05) is 16.9 Å². The smallest absolute Gasteiger partial charge is 0.133 e. The minimum absolute atomic E-state index is 0.306. The maximum absolute atomic E-state index is 10.2. The van der Waals surface area contributed by atoms with Crippen molar-refractivity contribution in [1.82, 2.24) is 0 Å². The second-order valence-electron chi connectivity index (χ2n) is 2.00. The van der Waals surface area contributed by atoms with Gasteiger partial charge in [-0.3, -0.25) is 0 Å². The number of rotatable bonds is 5. The lowest BCUT2D eigenvalue weighted by Gasteiger charge is -2.15. The lowest BCUT2D eigenvalue weighted by Crippen LogP contribution is -2.21. The van der Waals surface area contributed by atoms with Gasteiger partial charge in [0.15, 0.2) is 5.06 Å². The van der Waals surface area contributed by atoms with Crippen LogP contribution in [-0.4, -0.2) is 15.8 Å². The highest BCUT2D eigenvalue weighted by Crippen LogP contribution is 2.35. The molecule has 0 bridgehead atoms. The molecule has 0 saturated carbocycles. The van der Waals surface area contributed by atoms with Crippen molar-refractivity contribution >= 4 is 31.5 Å². The molecule has 2 atom stereocenters. The lowest BCUT2D eigenvalue weighted by atomic mass is 10.2. The summed E-state index contributed by atoms with van der Waals surface area (Å²) in [6.45, 7) is 1.76. The summed E-state index contributed by atoms with van der Waals surface area (Å²) >= 11 is 11.2. The van der Waals surface area contributed by atoms with Gasteiger partial charge in [-0.2, -0.15) is 0 Å². The van der Waals surface area contributed by atoms with Gasteiger partial charge in [0.2, 0.25) is 0 Å². The van der Waals surface area contributed by atoms with E-state index in [-0.39, 0.29) is 0 Å². The highest BCUT2D eigenvalue weighted by atomic mass is 35.5. The van der Waals surface area contributed by atoms with Crippen LogP contribution in [0.4, 0.5) is 0 Å². The van der Waals surface area contributed by atoms with Crippen LogP contribution in [0.3, 0.4) is 0 Å². The predicted molar refractivity (Wildman–Crippen MR) is 45.1 cm³/mol. The van der Waals surface area contributed by atoms with Crippen LogP contribution in [-0.2, 0) is 9.09 Å². The van der Waals surface area contributed by atoms with Gasteiger partial charge in [0.25, 0.3) is 0 Å². The zero-order valence-electron chi connectivity index (χ0n) is 6.09. The molecule has 0 aromatic heterocycles. The van der Waals surface area contributed by atoms with Gasteiger partial charge < -0.3 is 0 Å². The molecule has 6 heteroatoms. The quantitative estimate of drug-likeness (QED) is 0.572. The fraction of sp³-hybridized carbons (Fsp3) is 1.00. The van der Waals surface area contributed by atoms with E-state index in [1.165, 1.54) is 0 Å². The Labute approximate surface area is 76.6 Å². The van der Waals surface area contributed by atoms with Crippen LogP contribution >= 0.6 is 31.5 Å². The van der Waals surface area contributed by atoms with Crippen molar-refractivity contribution in [2.45, 2.75) is 24.8 Å². The Morgan fingerprint density at radius 2 is 2.27 bits per heavy atom. The van der Waals surface area contributed by atoms with Crippen LogP contribution < -0.4 is 0 Å². The minimum Gasteiger partial charge on any atom is -0.133 e. The summed E-state index contributed by atoms with van der Waals surface area (Å²) in [7, 11) is -2.65. The molecule has 0 aromatic carbocycles. The first-order valence-corrected chi connectivity index (χ1v) is 5.18. The summed E-state index contributed by atoms with van der Waals surface area (Å²) in [5.74, 6) is 0.306. The van der Waals surface area contributed by atoms with Crippen molar-refractivity contribution in [3.63, 3.8) is 0 Å². The molecule has 0 spiro atoms. The van der Waals surface area contributed by atoms with Crippen LogP contribution in [0, 0.1) is 0 Å². The first kappa shape index (κ1) is 11.6. The normalized spacial score (nSPS) is 17.6. The van der Waals surface area contributed by atoms with Crippen LogP contribution in [0.15, 0.2) is 0 Å². The zero-order chi connectivity index (χ0) is 8.91. The van der Waals surface area contributed by atoms with Crippen molar-refractivity contribution < 1.29 is 14.0 Å². The molecule has 0 rings (SSSR count). The van der Waals surface area contributed by atoms with E-state index in [1.54, 1.807) is 6.92 Å². The maximum Gasteiger partial charge on any atom is 0.696 e. The zero-order valence-corrected chi connectivity index (χ0v) is 8.49. The summed E-state index contributed by atoms with van der Waals surface area (Å²) in [5, 5.41) is -1.08. The van der Waals surface area contributed by atoms with E-state index < -0.39 is 13.3 Å². The Kier molecular flexibility index (Phi) is 5.57. The summed E-state index contributed by atoms with van der Waals surface area (Å²) in [6.07, 6.45) is 0.803. The Hall–Kier alpha value is 0.600. The van der Waals surface area contributed by atoms with E-state index in [1.807, 2.05) is 0 Å². The van der Waals surface area contributed by atoms with Crippen molar-refractivity contribution in [3.8, 4) is 0 Å². The monoisotopic (exact) mass is 219 g/mol. The molecule has 66 valence electrons. The Morgan fingerprint density at radius 1 is 1.73 bits per heavy atom. The van der Waals surface area contributed by atoms with Crippen LogP contribution in [0.1, 0.15) is 19.8 Å². The second-order valence-corrected chi connectivity index (χ2v) is 3.73. The van der Waals surface area contributed by atoms with Crippen molar-refractivity contribution in [2.75, 3.05) is 5.88 Å². The van der Waals surface area contributed by atoms with Gasteiger partial charge in [-0.15, -0.1) is 16.5 Å². The first-order chi connectivity index (χ1) is 5.04. The third-order valence-electron chi connectivity index (χ3n) is 1.24. The summed E-state index contributed by atoms with van der Waals surface area (Å²) in [6, 6.07) is 0. The third-order valence-corrected chi connectivity index (χ3v) is 2.57. The highest BCUT2D eigenvalue weighted by Gasteiger charge is 2.35. The van der Waals surface area contributed by atoms with Crippen molar-refractivity contribution in [1.29, 1.82) is 0 Å². The molecule has 0 saturated heterocycles. The largest absolute Gasteiger partial charge is 0.696 e. The van der Waals surface area contributed by atoms with Crippen LogP contribution in [0.5, 0.6) is 0 Å². The molecule has 2 unspecified atom stereocenters. The number of hydrogen-bond donors (Lipinski definition) is 1. The SMILES string of the molecule is CCC(Cl)(CCCl)O[P+](=O)O. The molecular formula is C5H10Cl2O3P+. The topological polar surface area (TPSA) is 46.5 Å². The standard InChI is InChI=1S/C5H9Cl2O3P/c1-2-5(7,3-4-6)10-11(8)9/h2-4H2,1H3/p+1. The van der Waals surface area contributed by atoms with E-state index in [9.17, 15) is 4.57 Å². The van der Waals surface area contributed by atoms with Gasteiger partial charge in [-0.25, -0.2) is 0 Å². The predicted octanol–water partition coefficient (Wildman–Crippen LogP) is 2.63. The molecule has 0 aliphatic heterocycles. The minimum atomic E-state index is -2.65. The lowest BCUT2D eigenvalue weighted by molar-refractivity contribution is 0.140. The Balaban J connectivity index is 3.98. The second kappa shape index (κ2) is 5.28. The Morgan fingerprint density at radius 3 is 2.55 bits per heavy atom. The molecule has 0 aliphatic carbocycles. The van der Waals surface area contributed by atoms with Crippen molar-refractivity contribution in [2.24, 2.45) is 0 Å². The molecule has 3 nitrogen and oxygen atoms in total. The maximum atomic E-state index is 10.2. The molecule has 1 N–H and O–H groups in total. The van der Waals surface area contributed by atoms with E-state index in [2.05, 4.69) is 4.52 Å². The molecule has 0 heterocycles. The molecule has 0 radical (unpaired) electrons. The first-order valence-electron chi connectivity index (χ1n) is 3.14. The van der Waals surface area contributed by atoms with Crippen molar-refractivity contribution in [3.05, 3.63) is 0 Å². The fourth-order valence-electron chi connectivity index (χ4n) is 0.568. The average Bonchev–Trinajstić information content (AvgIpc) is 1.87. The van der Waals surface area contributed by atoms with Gasteiger partial charge >= 0.3 is 8.25 Å². The number of alkyl halides is 2. The van der Waals surface area contributed by atoms with Gasteiger partial charge in [-0.05, 0) is 6.42 Å². The van der Waals surface area contributed by atoms with E-state index in [0.29, 0.717) is 18.7 Å². The molecule has 0 aliphatic rings. The van der Waals surface area contributed by atoms with E-state index >= 15 is 0 Å². The van der Waals surface area contributed by atoms with E-state index in [0.717, 1.165) is 0 Å². The van der Waals surface area contributed by atoms with Gasteiger partial charge in [0.05, 0.1) is 0 Å². The van der Waals surface area contributed by atoms with E-state index in [4.69, 9.17) is 28.1 Å². The molecule has 0 aromatic rings. The average molecular weight is 220 g/mol. The highest BCUT2D eigenvalue weighted by molar-refractivity contribution is 7.32. The van der Waals surface area contributed by atoms with Gasteiger partial charge in [-0.1, -0.05) is 23.0 Å². The van der Waals surface area contributed by atoms with Gasteiger partial charge in [0.1, 0.15) is 0 Å². The summed E-state index contributed by atoms with van der Waals surface area (Å²) in [5.41, 5.74) is 0. The molecule has 0 fully saturated rings. The number of halogens is 2. The van der Waals surface area contributed by atoms with Crippen LogP contribution in [0.2, 0.25) is 0 Å². The third kappa shape index (κ3) is 4.94. The fourth-order valence-corrected chi connectivity index (χ4v) is 1.74. The molecule has 11 heavy (non-hydrogen) atoms. The molecule has 0 amide bonds.